The first-order valence-corrected chi connectivity index (χ1v) is 10.3. The molecule has 28 heavy (non-hydrogen) atoms. The molecule has 1 fully saturated rings. The number of likely N-dealkylation sites (N-methyl/N-ethyl adjacent to an activating group) is 1. The number of piperidine rings is 1. The summed E-state index contributed by atoms with van der Waals surface area (Å²) in [6.45, 7) is 11.1. The van der Waals surface area contributed by atoms with Crippen molar-refractivity contribution in [3.05, 3.63) is 35.4 Å². The average molecular weight is 390 g/mol. The van der Waals surface area contributed by atoms with Crippen molar-refractivity contribution >= 4 is 12.0 Å². The van der Waals surface area contributed by atoms with E-state index < -0.39 is 5.97 Å². The van der Waals surface area contributed by atoms with Crippen molar-refractivity contribution in [2.24, 2.45) is 0 Å². The molecule has 1 heterocycles. The molecule has 1 aliphatic heterocycles. The second kappa shape index (κ2) is 9.92. The molecule has 0 saturated carbocycles. The number of rotatable bonds is 8. The van der Waals surface area contributed by atoms with Crippen molar-refractivity contribution in [2.75, 3.05) is 32.7 Å². The van der Waals surface area contributed by atoms with E-state index in [0.29, 0.717) is 26.2 Å². The van der Waals surface area contributed by atoms with Gasteiger partial charge in [0.2, 0.25) is 0 Å². The predicted octanol–water partition coefficient (Wildman–Crippen LogP) is 3.11. The first-order valence-electron chi connectivity index (χ1n) is 10.3. The molecule has 0 bridgehead atoms. The summed E-state index contributed by atoms with van der Waals surface area (Å²) in [6.07, 6.45) is 2.65. The summed E-state index contributed by atoms with van der Waals surface area (Å²) in [5.74, 6) is -0.795. The van der Waals surface area contributed by atoms with Gasteiger partial charge in [-0.15, -0.1) is 0 Å². The standard InChI is InChI=1S/C22H35N3O3/c1-5-17-7-9-18(10-8-17)22(3,4)16-23-21(28)25-13-11-19(12-14-25)24(6-2)15-20(26)27/h7-10,19H,5-6,11-16H2,1-4H3,(H,23,28)(H,26,27). The molecule has 1 aliphatic rings. The number of urea groups is 1. The summed E-state index contributed by atoms with van der Waals surface area (Å²) >= 11 is 0. The summed E-state index contributed by atoms with van der Waals surface area (Å²) in [6, 6.07) is 8.81. The number of benzene rings is 1. The lowest BCUT2D eigenvalue weighted by atomic mass is 9.84. The largest absolute Gasteiger partial charge is 0.480 e. The maximum absolute atomic E-state index is 12.6. The van der Waals surface area contributed by atoms with E-state index in [9.17, 15) is 9.59 Å². The van der Waals surface area contributed by atoms with Crippen LogP contribution >= 0.6 is 0 Å². The zero-order valence-electron chi connectivity index (χ0n) is 17.7. The van der Waals surface area contributed by atoms with Crippen molar-refractivity contribution in [2.45, 2.75) is 58.4 Å². The van der Waals surface area contributed by atoms with Crippen molar-refractivity contribution in [1.29, 1.82) is 0 Å². The van der Waals surface area contributed by atoms with Gasteiger partial charge in [-0.05, 0) is 36.9 Å². The van der Waals surface area contributed by atoms with Gasteiger partial charge in [0.15, 0.2) is 0 Å². The first-order chi connectivity index (χ1) is 13.3. The Balaban J connectivity index is 1.84. The molecule has 0 radical (unpaired) electrons. The number of carboxylic acids is 1. The number of carboxylic acid groups (broad SMARTS) is 1. The monoisotopic (exact) mass is 389 g/mol. The van der Waals surface area contributed by atoms with Gasteiger partial charge >= 0.3 is 12.0 Å². The highest BCUT2D eigenvalue weighted by Crippen LogP contribution is 2.23. The van der Waals surface area contributed by atoms with Gasteiger partial charge in [-0.25, -0.2) is 4.79 Å². The quantitative estimate of drug-likeness (QED) is 0.717. The smallest absolute Gasteiger partial charge is 0.317 e. The van der Waals surface area contributed by atoms with E-state index >= 15 is 0 Å². The van der Waals surface area contributed by atoms with Gasteiger partial charge in [-0.3, -0.25) is 9.69 Å². The third-order valence-electron chi connectivity index (χ3n) is 5.84. The molecule has 0 atom stereocenters. The highest BCUT2D eigenvalue weighted by atomic mass is 16.4. The van der Waals surface area contributed by atoms with Crippen LogP contribution in [0.4, 0.5) is 4.79 Å². The van der Waals surface area contributed by atoms with Crippen LogP contribution in [0.2, 0.25) is 0 Å². The van der Waals surface area contributed by atoms with E-state index in [1.807, 2.05) is 16.7 Å². The zero-order chi connectivity index (χ0) is 20.7. The van der Waals surface area contributed by atoms with E-state index in [-0.39, 0.29) is 24.0 Å². The van der Waals surface area contributed by atoms with Crippen molar-refractivity contribution in [3.8, 4) is 0 Å². The van der Waals surface area contributed by atoms with Gasteiger partial charge in [0.1, 0.15) is 0 Å². The van der Waals surface area contributed by atoms with Crippen LogP contribution in [0.15, 0.2) is 24.3 Å². The maximum atomic E-state index is 12.6. The van der Waals surface area contributed by atoms with Crippen molar-refractivity contribution in [1.82, 2.24) is 15.1 Å². The lowest BCUT2D eigenvalue weighted by Gasteiger charge is -2.38. The third-order valence-corrected chi connectivity index (χ3v) is 5.84. The van der Waals surface area contributed by atoms with Crippen LogP contribution in [0.5, 0.6) is 0 Å². The minimum atomic E-state index is -0.795. The highest BCUT2D eigenvalue weighted by molar-refractivity contribution is 5.74. The molecule has 2 rings (SSSR count). The van der Waals surface area contributed by atoms with Crippen LogP contribution in [0.3, 0.4) is 0 Å². The SMILES string of the molecule is CCc1ccc(C(C)(C)CNC(=O)N2CCC(N(CC)CC(=O)O)CC2)cc1. The normalized spacial score (nSPS) is 15.7. The molecule has 1 aromatic rings. The molecule has 2 N–H and O–H groups in total. The van der Waals surface area contributed by atoms with Crippen LogP contribution in [-0.2, 0) is 16.6 Å². The van der Waals surface area contributed by atoms with E-state index in [0.717, 1.165) is 19.3 Å². The summed E-state index contributed by atoms with van der Waals surface area (Å²) in [7, 11) is 0. The third kappa shape index (κ3) is 5.96. The summed E-state index contributed by atoms with van der Waals surface area (Å²) in [5.41, 5.74) is 2.40. The molecule has 156 valence electrons. The summed E-state index contributed by atoms with van der Waals surface area (Å²) < 4.78 is 0. The number of likely N-dealkylation sites (tertiary alicyclic amines) is 1. The van der Waals surface area contributed by atoms with Gasteiger partial charge in [0.05, 0.1) is 6.54 Å². The Kier molecular flexibility index (Phi) is 7.87. The van der Waals surface area contributed by atoms with Gasteiger partial charge in [0.25, 0.3) is 0 Å². The lowest BCUT2D eigenvalue weighted by Crippen LogP contribution is -2.51. The molecular formula is C22H35N3O3. The Bertz CT molecular complexity index is 649. The second-order valence-electron chi connectivity index (χ2n) is 8.27. The minimum Gasteiger partial charge on any atom is -0.480 e. The highest BCUT2D eigenvalue weighted by Gasteiger charge is 2.28. The number of nitrogens with one attached hydrogen (secondary N) is 1. The lowest BCUT2D eigenvalue weighted by molar-refractivity contribution is -0.139. The van der Waals surface area contributed by atoms with Crippen LogP contribution in [-0.4, -0.2) is 65.7 Å². The number of aliphatic carboxylic acids is 1. The van der Waals surface area contributed by atoms with E-state index in [1.54, 1.807) is 0 Å². The summed E-state index contributed by atoms with van der Waals surface area (Å²) in [5, 5.41) is 12.1. The number of hydrogen-bond acceptors (Lipinski definition) is 3. The Hall–Kier alpha value is -2.08. The van der Waals surface area contributed by atoms with Gasteiger partial charge < -0.3 is 15.3 Å². The number of amides is 2. The summed E-state index contributed by atoms with van der Waals surface area (Å²) in [4.78, 5) is 27.4. The number of carbonyl (C=O) groups excluding carboxylic acids is 1. The second-order valence-corrected chi connectivity index (χ2v) is 8.27. The van der Waals surface area contributed by atoms with E-state index in [2.05, 4.69) is 50.4 Å². The fourth-order valence-electron chi connectivity index (χ4n) is 3.81. The number of hydrogen-bond donors (Lipinski definition) is 2. The number of carbonyl (C=O) groups is 2. The Morgan fingerprint density at radius 1 is 1.18 bits per heavy atom. The maximum Gasteiger partial charge on any atom is 0.317 e. The van der Waals surface area contributed by atoms with Crippen molar-refractivity contribution < 1.29 is 14.7 Å². The van der Waals surface area contributed by atoms with Crippen LogP contribution < -0.4 is 5.32 Å². The predicted molar refractivity (Wildman–Crippen MR) is 112 cm³/mol. The molecule has 6 nitrogen and oxygen atoms in total. The molecule has 0 spiro atoms. The fourth-order valence-corrected chi connectivity index (χ4v) is 3.81. The molecule has 1 saturated heterocycles. The van der Waals surface area contributed by atoms with Crippen LogP contribution in [0.1, 0.15) is 51.7 Å². The van der Waals surface area contributed by atoms with Crippen LogP contribution in [0, 0.1) is 0 Å². The molecule has 0 aromatic heterocycles. The molecule has 6 heteroatoms. The average Bonchev–Trinajstić information content (AvgIpc) is 2.70. The fraction of sp³-hybridized carbons (Fsp3) is 0.636. The molecular weight excluding hydrogens is 354 g/mol. The number of aryl methyl sites for hydroxylation is 1. The van der Waals surface area contributed by atoms with E-state index in [1.165, 1.54) is 11.1 Å². The Morgan fingerprint density at radius 3 is 2.29 bits per heavy atom. The molecule has 1 aromatic carbocycles. The molecule has 0 unspecified atom stereocenters. The Morgan fingerprint density at radius 2 is 1.79 bits per heavy atom. The van der Waals surface area contributed by atoms with Gasteiger partial charge in [-0.2, -0.15) is 0 Å². The van der Waals surface area contributed by atoms with Gasteiger partial charge in [-0.1, -0.05) is 52.0 Å². The van der Waals surface area contributed by atoms with Crippen LogP contribution in [0.25, 0.3) is 0 Å². The minimum absolute atomic E-state index is 0.0296. The van der Waals surface area contributed by atoms with Crippen molar-refractivity contribution in [3.63, 3.8) is 0 Å². The topological polar surface area (TPSA) is 72.9 Å². The Labute approximate surface area is 168 Å². The zero-order valence-corrected chi connectivity index (χ0v) is 17.7. The first kappa shape index (κ1) is 22.2. The van der Waals surface area contributed by atoms with Gasteiger partial charge in [0, 0.05) is 31.1 Å². The van der Waals surface area contributed by atoms with E-state index in [4.69, 9.17) is 5.11 Å². The molecule has 2 amide bonds. The number of nitrogens with zero attached hydrogens (tertiary/aromatic N) is 2. The molecule has 0 aliphatic carbocycles.